The SMILES string of the molecule is C=C(C)C(=O)OCCCOS(=O)(=O)S(=O)(=O)O. The lowest BCUT2D eigenvalue weighted by molar-refractivity contribution is -0.139. The van der Waals surface area contributed by atoms with Crippen molar-refractivity contribution < 1.29 is 35.1 Å². The van der Waals surface area contributed by atoms with Crippen LogP contribution in [0.4, 0.5) is 0 Å². The van der Waals surface area contributed by atoms with Crippen LogP contribution in [0.1, 0.15) is 13.3 Å². The number of hydrogen-bond donors (Lipinski definition) is 1. The van der Waals surface area contributed by atoms with Gasteiger partial charge in [-0.3, -0.25) is 8.74 Å². The lowest BCUT2D eigenvalue weighted by atomic mass is 10.4. The molecule has 0 aliphatic heterocycles. The molecule has 0 bridgehead atoms. The van der Waals surface area contributed by atoms with Gasteiger partial charge in [-0.05, 0) is 6.92 Å². The molecule has 0 heterocycles. The van der Waals surface area contributed by atoms with Gasteiger partial charge in [0.15, 0.2) is 0 Å². The molecule has 8 nitrogen and oxygen atoms in total. The van der Waals surface area contributed by atoms with Crippen LogP contribution in [0.15, 0.2) is 12.2 Å². The minimum absolute atomic E-state index is 0.0478. The van der Waals surface area contributed by atoms with E-state index in [9.17, 15) is 21.6 Å². The predicted octanol–water partition coefficient (Wildman–Crippen LogP) is -0.355. The van der Waals surface area contributed by atoms with Gasteiger partial charge < -0.3 is 4.74 Å². The van der Waals surface area contributed by atoms with Gasteiger partial charge >= 0.3 is 24.3 Å². The highest BCUT2D eigenvalue weighted by Gasteiger charge is 2.27. The Labute approximate surface area is 98.5 Å². The Morgan fingerprint density at radius 3 is 2.18 bits per heavy atom. The molecule has 100 valence electrons. The molecule has 0 rings (SSSR count). The summed E-state index contributed by atoms with van der Waals surface area (Å²) < 4.78 is 58.6. The molecule has 0 aromatic heterocycles. The summed E-state index contributed by atoms with van der Waals surface area (Å²) in [5, 5.41) is 0. The van der Waals surface area contributed by atoms with E-state index in [2.05, 4.69) is 15.5 Å². The lowest BCUT2D eigenvalue weighted by Crippen LogP contribution is -2.18. The minimum atomic E-state index is -5.29. The van der Waals surface area contributed by atoms with Gasteiger partial charge in [0.2, 0.25) is 0 Å². The van der Waals surface area contributed by atoms with Crippen LogP contribution in [0.2, 0.25) is 0 Å². The molecule has 0 atom stereocenters. The van der Waals surface area contributed by atoms with E-state index < -0.39 is 30.9 Å². The number of carbonyl (C=O) groups is 1. The van der Waals surface area contributed by atoms with Crippen molar-refractivity contribution >= 4 is 24.3 Å². The van der Waals surface area contributed by atoms with E-state index in [-0.39, 0.29) is 18.6 Å². The van der Waals surface area contributed by atoms with Crippen LogP contribution < -0.4 is 0 Å². The minimum Gasteiger partial charge on any atom is -0.462 e. The average molecular weight is 288 g/mol. The van der Waals surface area contributed by atoms with Crippen molar-refractivity contribution in [3.8, 4) is 0 Å². The number of hydrogen-bond acceptors (Lipinski definition) is 7. The third-order valence-corrected chi connectivity index (χ3v) is 4.16. The van der Waals surface area contributed by atoms with E-state index in [0.717, 1.165) is 0 Å². The first-order valence-corrected chi connectivity index (χ1v) is 7.64. The van der Waals surface area contributed by atoms with Crippen molar-refractivity contribution in [3.63, 3.8) is 0 Å². The molecule has 0 fully saturated rings. The second kappa shape index (κ2) is 6.10. The fourth-order valence-electron chi connectivity index (χ4n) is 0.569. The van der Waals surface area contributed by atoms with E-state index in [1.165, 1.54) is 6.92 Å². The summed E-state index contributed by atoms with van der Waals surface area (Å²) in [6.07, 6.45) is -0.0478. The Morgan fingerprint density at radius 2 is 1.76 bits per heavy atom. The molecule has 0 saturated carbocycles. The van der Waals surface area contributed by atoms with Gasteiger partial charge in [0.05, 0.1) is 13.2 Å². The van der Waals surface area contributed by atoms with Crippen LogP contribution in [-0.2, 0) is 32.0 Å². The van der Waals surface area contributed by atoms with Crippen LogP contribution in [0.3, 0.4) is 0 Å². The van der Waals surface area contributed by atoms with E-state index in [4.69, 9.17) is 4.55 Å². The molecule has 0 aliphatic carbocycles. The molecule has 0 amide bonds. The van der Waals surface area contributed by atoms with Crippen molar-refractivity contribution in [1.29, 1.82) is 0 Å². The molecule has 0 aliphatic rings. The topological polar surface area (TPSA) is 124 Å². The summed E-state index contributed by atoms with van der Waals surface area (Å²) in [5.41, 5.74) is 0.177. The summed E-state index contributed by atoms with van der Waals surface area (Å²) in [4.78, 5) is 10.8. The van der Waals surface area contributed by atoms with Crippen LogP contribution in [0, 0.1) is 0 Å². The van der Waals surface area contributed by atoms with Gasteiger partial charge in [0.1, 0.15) is 0 Å². The third kappa shape index (κ3) is 5.77. The molecule has 1 N–H and O–H groups in total. The van der Waals surface area contributed by atoms with Gasteiger partial charge in [-0.2, -0.15) is 16.8 Å². The average Bonchev–Trinajstić information content (AvgIpc) is 2.14. The third-order valence-electron chi connectivity index (χ3n) is 1.36. The lowest BCUT2D eigenvalue weighted by Gasteiger charge is -2.04. The number of rotatable bonds is 7. The molecule has 0 radical (unpaired) electrons. The zero-order valence-corrected chi connectivity index (χ0v) is 10.6. The highest BCUT2D eigenvalue weighted by molar-refractivity contribution is 8.63. The molecular weight excluding hydrogens is 276 g/mol. The Bertz CT molecular complexity index is 486. The van der Waals surface area contributed by atoms with Gasteiger partial charge in [-0.1, -0.05) is 6.58 Å². The quantitative estimate of drug-likeness (QED) is 0.221. The largest absolute Gasteiger partial charge is 0.462 e. The normalized spacial score (nSPS) is 12.1. The van der Waals surface area contributed by atoms with Crippen molar-refractivity contribution in [1.82, 2.24) is 0 Å². The standard InChI is InChI=1S/C7H12O8S2/c1-6(2)7(8)14-4-3-5-15-17(12,13)16(9,10)11/h1,3-5H2,2H3,(H,9,10,11). The highest BCUT2D eigenvalue weighted by atomic mass is 33.2. The number of esters is 1. The second-order valence-electron chi connectivity index (χ2n) is 2.93. The maximum atomic E-state index is 10.8. The molecule has 0 spiro atoms. The molecular formula is C7H12O8S2. The molecule has 0 aromatic carbocycles. The smallest absolute Gasteiger partial charge is 0.399 e. The van der Waals surface area contributed by atoms with E-state index >= 15 is 0 Å². The summed E-state index contributed by atoms with van der Waals surface area (Å²) in [7, 11) is -10.3. The van der Waals surface area contributed by atoms with Crippen molar-refractivity contribution in [2.45, 2.75) is 13.3 Å². The maximum absolute atomic E-state index is 10.8. The van der Waals surface area contributed by atoms with Gasteiger partial charge in [-0.15, -0.1) is 0 Å². The predicted molar refractivity (Wildman–Crippen MR) is 56.8 cm³/mol. The molecule has 0 aromatic rings. The highest BCUT2D eigenvalue weighted by Crippen LogP contribution is 2.03. The van der Waals surface area contributed by atoms with Crippen LogP contribution in [0.25, 0.3) is 0 Å². The number of ether oxygens (including phenoxy) is 1. The first-order valence-electron chi connectivity index (χ1n) is 4.27. The summed E-state index contributed by atoms with van der Waals surface area (Å²) >= 11 is 0. The van der Waals surface area contributed by atoms with Crippen molar-refractivity contribution in [3.05, 3.63) is 12.2 Å². The van der Waals surface area contributed by atoms with Crippen LogP contribution in [0.5, 0.6) is 0 Å². The first kappa shape index (κ1) is 16.0. The Morgan fingerprint density at radius 1 is 1.24 bits per heavy atom. The van der Waals surface area contributed by atoms with Crippen molar-refractivity contribution in [2.24, 2.45) is 0 Å². The first-order chi connectivity index (χ1) is 7.58. The molecule has 0 saturated heterocycles. The molecule has 17 heavy (non-hydrogen) atoms. The van der Waals surface area contributed by atoms with Crippen LogP contribution in [-0.4, -0.2) is 40.6 Å². The van der Waals surface area contributed by atoms with E-state index in [1.807, 2.05) is 0 Å². The van der Waals surface area contributed by atoms with E-state index in [0.29, 0.717) is 0 Å². The fourth-order valence-corrected chi connectivity index (χ4v) is 1.58. The zero-order valence-electron chi connectivity index (χ0n) is 8.95. The summed E-state index contributed by atoms with van der Waals surface area (Å²) in [6.45, 7) is 4.05. The molecule has 10 heteroatoms. The Kier molecular flexibility index (Phi) is 5.75. The summed E-state index contributed by atoms with van der Waals surface area (Å²) in [6, 6.07) is 0. The number of carbonyl (C=O) groups excluding carboxylic acids is 1. The molecule has 0 unspecified atom stereocenters. The fraction of sp³-hybridized carbons (Fsp3) is 0.571. The van der Waals surface area contributed by atoms with E-state index in [1.54, 1.807) is 0 Å². The summed E-state index contributed by atoms with van der Waals surface area (Å²) in [5.74, 6) is -0.650. The maximum Gasteiger partial charge on any atom is 0.399 e. The van der Waals surface area contributed by atoms with Gasteiger partial charge in [0.25, 0.3) is 0 Å². The monoisotopic (exact) mass is 288 g/mol. The van der Waals surface area contributed by atoms with Gasteiger partial charge in [0, 0.05) is 12.0 Å². The van der Waals surface area contributed by atoms with Gasteiger partial charge in [-0.25, -0.2) is 4.79 Å². The second-order valence-corrected chi connectivity index (χ2v) is 7.32. The zero-order chi connectivity index (χ0) is 13.7. The Balaban J connectivity index is 3.97. The van der Waals surface area contributed by atoms with Crippen molar-refractivity contribution in [2.75, 3.05) is 13.2 Å². The Hall–Kier alpha value is -0.970. The van der Waals surface area contributed by atoms with Crippen LogP contribution >= 0.6 is 0 Å².